The van der Waals surface area contributed by atoms with Gasteiger partial charge in [0.1, 0.15) is 11.1 Å². The van der Waals surface area contributed by atoms with E-state index in [2.05, 4.69) is 43.6 Å². The molecule has 0 bridgehead atoms. The van der Waals surface area contributed by atoms with Crippen LogP contribution in [0.3, 0.4) is 0 Å². The lowest BCUT2D eigenvalue weighted by atomic mass is 9.85. The Morgan fingerprint density at radius 1 is 0.730 bits per heavy atom. The molecular formula is C39H53ClF4N14O5. The number of anilines is 2. The van der Waals surface area contributed by atoms with Crippen LogP contribution in [-0.2, 0) is 20.7 Å². The maximum Gasteiger partial charge on any atom is 0.317 e. The first-order chi connectivity index (χ1) is 29.3. The molecule has 6 amide bonds. The molecule has 0 radical (unpaired) electrons. The van der Waals surface area contributed by atoms with E-state index in [4.69, 9.17) is 17.2 Å². The van der Waals surface area contributed by atoms with Gasteiger partial charge in [0.2, 0.25) is 11.8 Å². The number of likely N-dealkylation sites (tertiary alicyclic amines) is 1. The molecule has 19 nitrogen and oxygen atoms in total. The van der Waals surface area contributed by atoms with Crippen molar-refractivity contribution in [2.45, 2.75) is 125 Å². The van der Waals surface area contributed by atoms with Crippen LogP contribution in [0.15, 0.2) is 12.4 Å². The van der Waals surface area contributed by atoms with Gasteiger partial charge < -0.3 is 43.4 Å². The number of amides is 6. The van der Waals surface area contributed by atoms with Gasteiger partial charge >= 0.3 is 6.03 Å². The lowest BCUT2D eigenvalue weighted by molar-refractivity contribution is -0.118. The zero-order valence-corrected chi connectivity index (χ0v) is 35.3. The predicted molar refractivity (Wildman–Crippen MR) is 219 cm³/mol. The van der Waals surface area contributed by atoms with E-state index in [0.717, 1.165) is 51.6 Å². The van der Waals surface area contributed by atoms with Gasteiger partial charge in [-0.3, -0.25) is 28.5 Å². The van der Waals surface area contributed by atoms with Crippen molar-refractivity contribution < 1.29 is 41.5 Å². The molecule has 0 atom stereocenters. The summed E-state index contributed by atoms with van der Waals surface area (Å²) in [5.74, 6) is -6.70. The van der Waals surface area contributed by atoms with Crippen molar-refractivity contribution in [2.75, 3.05) is 36.8 Å². The SMILES string of the molecule is Cl.N#CCC1(n2cc(C(N)=O)c(NC(=O)C3CC3)n2)CCN(C(=O)NC2CC(F)(F)C2)CC1.N#CCC1(n2cc(C(N)=O)c(NC(=O)C3CC3)n2)CCNCC1.NC1CC(F)(F)C1. The van der Waals surface area contributed by atoms with Crippen molar-refractivity contribution in [3.8, 4) is 12.1 Å². The van der Waals surface area contributed by atoms with E-state index in [1.165, 1.54) is 15.8 Å². The predicted octanol–water partition coefficient (Wildman–Crippen LogP) is 3.03. The van der Waals surface area contributed by atoms with Gasteiger partial charge in [-0.2, -0.15) is 20.7 Å². The Morgan fingerprint density at radius 2 is 1.14 bits per heavy atom. The van der Waals surface area contributed by atoms with E-state index < -0.39 is 46.8 Å². The minimum Gasteiger partial charge on any atom is -0.365 e. The highest BCUT2D eigenvalue weighted by Gasteiger charge is 2.47. The van der Waals surface area contributed by atoms with Gasteiger partial charge in [-0.25, -0.2) is 22.4 Å². The zero-order valence-electron chi connectivity index (χ0n) is 34.5. The van der Waals surface area contributed by atoms with Crippen LogP contribution in [0, 0.1) is 34.5 Å². The zero-order chi connectivity index (χ0) is 45.0. The second kappa shape index (κ2) is 19.5. The number of hydrogen-bond donors (Lipinski definition) is 7. The average Bonchev–Trinajstić information content (AvgIpc) is 4.13. The molecule has 4 saturated carbocycles. The minimum absolute atomic E-state index is 0. The van der Waals surface area contributed by atoms with Crippen LogP contribution in [0.25, 0.3) is 0 Å². The number of nitrogens with two attached hydrogens (primary N) is 3. The molecule has 63 heavy (non-hydrogen) atoms. The van der Waals surface area contributed by atoms with E-state index in [1.54, 1.807) is 10.9 Å². The number of aromatic nitrogens is 4. The molecule has 0 unspecified atom stereocenters. The molecule has 8 rings (SSSR count). The van der Waals surface area contributed by atoms with Gasteiger partial charge in [-0.15, -0.1) is 12.4 Å². The fourth-order valence-electron chi connectivity index (χ4n) is 7.93. The highest BCUT2D eigenvalue weighted by molar-refractivity contribution is 6.03. The molecule has 0 aromatic carbocycles. The van der Waals surface area contributed by atoms with Crippen LogP contribution in [-0.4, -0.2) is 104 Å². The molecule has 6 fully saturated rings. The van der Waals surface area contributed by atoms with Gasteiger partial charge in [0, 0.05) is 75.1 Å². The summed E-state index contributed by atoms with van der Waals surface area (Å²) in [5.41, 5.74) is 15.0. The van der Waals surface area contributed by atoms with Crippen molar-refractivity contribution in [2.24, 2.45) is 29.0 Å². The molecule has 0 spiro atoms. The van der Waals surface area contributed by atoms with E-state index >= 15 is 0 Å². The average molecular weight is 909 g/mol. The molecule has 4 aliphatic carbocycles. The summed E-state index contributed by atoms with van der Waals surface area (Å²) in [6, 6.07) is 3.16. The number of urea groups is 1. The third-order valence-electron chi connectivity index (χ3n) is 12.2. The first kappa shape index (κ1) is 48.5. The van der Waals surface area contributed by atoms with Gasteiger partial charge in [-0.05, 0) is 64.5 Å². The number of halogens is 5. The number of nitrogens with one attached hydrogen (secondary N) is 4. The third kappa shape index (κ3) is 11.9. The highest BCUT2D eigenvalue weighted by Crippen LogP contribution is 2.39. The summed E-state index contributed by atoms with van der Waals surface area (Å²) >= 11 is 0. The number of primary amides is 2. The van der Waals surface area contributed by atoms with Crippen molar-refractivity contribution in [1.82, 2.24) is 35.1 Å². The maximum absolute atomic E-state index is 13.0. The maximum atomic E-state index is 13.0. The molecular weight excluding hydrogens is 856 g/mol. The number of carbonyl (C=O) groups is 5. The lowest BCUT2D eigenvalue weighted by Gasteiger charge is -2.42. The smallest absolute Gasteiger partial charge is 0.317 e. The number of hydrogen-bond acceptors (Lipinski definition) is 11. The van der Waals surface area contributed by atoms with Crippen LogP contribution in [0.4, 0.5) is 34.0 Å². The largest absolute Gasteiger partial charge is 0.365 e. The van der Waals surface area contributed by atoms with Crippen molar-refractivity contribution in [3.05, 3.63) is 23.5 Å². The number of nitriles is 2. The summed E-state index contributed by atoms with van der Waals surface area (Å²) in [4.78, 5) is 61.7. The van der Waals surface area contributed by atoms with Crippen molar-refractivity contribution >= 4 is 53.7 Å². The van der Waals surface area contributed by atoms with Gasteiger partial charge in [0.05, 0.1) is 36.1 Å². The summed E-state index contributed by atoms with van der Waals surface area (Å²) in [5, 5.41) is 38.6. The lowest BCUT2D eigenvalue weighted by Crippen LogP contribution is -2.56. The molecule has 4 heterocycles. The summed E-state index contributed by atoms with van der Waals surface area (Å²) < 4.78 is 52.6. The molecule has 2 aromatic rings. The third-order valence-corrected chi connectivity index (χ3v) is 12.2. The van der Waals surface area contributed by atoms with E-state index in [1.807, 2.05) is 0 Å². The normalized spacial score (nSPS) is 21.6. The van der Waals surface area contributed by atoms with E-state index in [9.17, 15) is 52.1 Å². The Balaban J connectivity index is 0.000000210. The second-order valence-electron chi connectivity index (χ2n) is 17.2. The molecule has 344 valence electrons. The molecule has 2 aromatic heterocycles. The van der Waals surface area contributed by atoms with Crippen LogP contribution >= 0.6 is 12.4 Å². The standard InChI is InChI=1S/C20H25F2N7O3.C15H20N6O2.C4H7F2N.ClH/c21-20(22)9-13(10-20)25-18(32)28-7-4-19(3-6-23,5-8-28)29-11-14(15(24)30)16(27-29)26-17(31)12-1-2-12;16-6-3-15(4-7-18-8-5-15)21-9-11(12(17)22)13(20-21)19-14(23)10-1-2-10;5-4(6)1-3(7)2-4;/h11-13H,1-5,7-10H2,(H2,24,30)(H,25,32)(H,26,27,31);9-10,18H,1-5,7-8H2,(H2,17,22)(H,19,20,23);3H,1-2,7H2;1H. The number of piperidine rings is 2. The monoisotopic (exact) mass is 908 g/mol. The first-order valence-electron chi connectivity index (χ1n) is 20.7. The van der Waals surface area contributed by atoms with Crippen molar-refractivity contribution in [3.63, 3.8) is 0 Å². The fourth-order valence-corrected chi connectivity index (χ4v) is 7.93. The highest BCUT2D eigenvalue weighted by atomic mass is 35.5. The van der Waals surface area contributed by atoms with Crippen molar-refractivity contribution in [1.29, 1.82) is 10.5 Å². The fraction of sp³-hybridized carbons (Fsp3) is 0.667. The minimum atomic E-state index is -2.72. The van der Waals surface area contributed by atoms with Crippen LogP contribution in [0.5, 0.6) is 0 Å². The number of rotatable bonds is 11. The Labute approximate surface area is 366 Å². The molecule has 24 heteroatoms. The molecule has 6 aliphatic rings. The summed E-state index contributed by atoms with van der Waals surface area (Å²) in [6.07, 6.45) is 7.92. The number of nitrogens with zero attached hydrogens (tertiary/aromatic N) is 7. The topological polar surface area (TPSA) is 298 Å². The number of alkyl halides is 4. The quantitative estimate of drug-likeness (QED) is 0.161. The van der Waals surface area contributed by atoms with Crippen LogP contribution in [0.2, 0.25) is 0 Å². The number of carbonyl (C=O) groups excluding carboxylic acids is 5. The molecule has 10 N–H and O–H groups in total. The molecule has 2 saturated heterocycles. The summed E-state index contributed by atoms with van der Waals surface area (Å²) in [7, 11) is 0. The Morgan fingerprint density at radius 3 is 1.48 bits per heavy atom. The summed E-state index contributed by atoms with van der Waals surface area (Å²) in [6.45, 7) is 2.12. The Bertz CT molecular complexity index is 2100. The van der Waals surface area contributed by atoms with Crippen LogP contribution < -0.4 is 38.5 Å². The second-order valence-corrected chi connectivity index (χ2v) is 17.2. The Kier molecular flexibility index (Phi) is 15.0. The first-order valence-corrected chi connectivity index (χ1v) is 20.7. The van der Waals surface area contributed by atoms with Gasteiger partial charge in [0.25, 0.3) is 23.7 Å². The Hall–Kier alpha value is -5.52. The van der Waals surface area contributed by atoms with Crippen LogP contribution in [0.1, 0.15) is 111 Å². The van der Waals surface area contributed by atoms with E-state index in [-0.39, 0.29) is 110 Å². The van der Waals surface area contributed by atoms with E-state index in [0.29, 0.717) is 19.3 Å². The van der Waals surface area contributed by atoms with Gasteiger partial charge in [-0.1, -0.05) is 0 Å². The molecule has 2 aliphatic heterocycles. The van der Waals surface area contributed by atoms with Gasteiger partial charge in [0.15, 0.2) is 11.6 Å².